The van der Waals surface area contributed by atoms with Gasteiger partial charge in [-0.05, 0) is 62.9 Å². The maximum atomic E-state index is 2.44. The quantitative estimate of drug-likeness (QED) is 0.595. The maximum Gasteiger partial charge on any atom is 0.0168 e. The predicted octanol–water partition coefficient (Wildman–Crippen LogP) is 5.05. The molecule has 0 saturated carbocycles. The molecular formula is C15H17I. The number of benzene rings is 2. The molecule has 0 amide bonds. The molecule has 0 aliphatic carbocycles. The second-order valence-electron chi connectivity index (χ2n) is 5.33. The smallest absolute Gasteiger partial charge is 0.0168 e. The Hall–Kier alpha value is -0.570. The summed E-state index contributed by atoms with van der Waals surface area (Å²) in [6, 6.07) is 11.0. The molecule has 0 bridgehead atoms. The third-order valence-corrected chi connectivity index (χ3v) is 4.12. The Labute approximate surface area is 111 Å². The minimum atomic E-state index is 0.199. The summed E-state index contributed by atoms with van der Waals surface area (Å²) in [4.78, 5) is 0. The van der Waals surface area contributed by atoms with Crippen molar-refractivity contribution in [3.8, 4) is 0 Å². The zero-order valence-corrected chi connectivity index (χ0v) is 12.4. The molecule has 0 heterocycles. The predicted molar refractivity (Wildman–Crippen MR) is 80.1 cm³/mol. The molecule has 2 aromatic rings. The topological polar surface area (TPSA) is 0 Å². The Morgan fingerprint density at radius 1 is 1.06 bits per heavy atom. The van der Waals surface area contributed by atoms with Crippen LogP contribution in [0.15, 0.2) is 30.3 Å². The molecule has 0 nitrogen and oxygen atoms in total. The van der Waals surface area contributed by atoms with Gasteiger partial charge in [0.05, 0.1) is 0 Å². The average molecular weight is 324 g/mol. The van der Waals surface area contributed by atoms with Crippen LogP contribution in [0.3, 0.4) is 0 Å². The molecular weight excluding hydrogens is 307 g/mol. The van der Waals surface area contributed by atoms with Crippen LogP contribution in [0.5, 0.6) is 0 Å². The van der Waals surface area contributed by atoms with Crippen molar-refractivity contribution in [2.45, 2.75) is 33.1 Å². The summed E-state index contributed by atoms with van der Waals surface area (Å²) in [6.45, 7) is 9.10. The molecule has 0 aliphatic heterocycles. The summed E-state index contributed by atoms with van der Waals surface area (Å²) in [5, 5.41) is 2.75. The van der Waals surface area contributed by atoms with E-state index in [1.165, 1.54) is 25.5 Å². The molecule has 0 unspecified atom stereocenters. The molecule has 0 aliphatic rings. The minimum Gasteiger partial charge on any atom is -0.0616 e. The number of fused-ring (bicyclic) bond motifs is 1. The van der Waals surface area contributed by atoms with Gasteiger partial charge in [-0.15, -0.1) is 0 Å². The van der Waals surface area contributed by atoms with Crippen molar-refractivity contribution in [3.63, 3.8) is 0 Å². The molecule has 84 valence electrons. The van der Waals surface area contributed by atoms with E-state index in [9.17, 15) is 0 Å². The lowest BCUT2D eigenvalue weighted by Gasteiger charge is -2.25. The van der Waals surface area contributed by atoms with Crippen LogP contribution in [-0.4, -0.2) is 0 Å². The third kappa shape index (κ3) is 1.97. The standard InChI is InChI=1S/C15H17I/c1-10-13(16)9-11-7-5-6-8-12(11)14(10)15(2,3)4/h5-9H,1-4H3. The summed E-state index contributed by atoms with van der Waals surface area (Å²) in [5.74, 6) is 0. The van der Waals surface area contributed by atoms with Crippen LogP contribution >= 0.6 is 22.6 Å². The van der Waals surface area contributed by atoms with Crippen molar-refractivity contribution in [2.24, 2.45) is 0 Å². The lowest BCUT2D eigenvalue weighted by atomic mass is 9.81. The van der Waals surface area contributed by atoms with Gasteiger partial charge in [0.25, 0.3) is 0 Å². The van der Waals surface area contributed by atoms with Gasteiger partial charge in [0.15, 0.2) is 0 Å². The Kier molecular flexibility index (Phi) is 2.99. The first-order chi connectivity index (χ1) is 7.41. The zero-order valence-electron chi connectivity index (χ0n) is 10.3. The van der Waals surface area contributed by atoms with Crippen molar-refractivity contribution in [1.82, 2.24) is 0 Å². The number of hydrogen-bond donors (Lipinski definition) is 0. The van der Waals surface area contributed by atoms with E-state index < -0.39 is 0 Å². The van der Waals surface area contributed by atoms with Crippen molar-refractivity contribution >= 4 is 33.4 Å². The summed E-state index contributed by atoms with van der Waals surface area (Å²) < 4.78 is 1.36. The van der Waals surface area contributed by atoms with Gasteiger partial charge in [-0.25, -0.2) is 0 Å². The van der Waals surface area contributed by atoms with Gasteiger partial charge < -0.3 is 0 Å². The monoisotopic (exact) mass is 324 g/mol. The number of rotatable bonds is 0. The Bertz CT molecular complexity index is 533. The van der Waals surface area contributed by atoms with Gasteiger partial charge >= 0.3 is 0 Å². The Morgan fingerprint density at radius 2 is 1.69 bits per heavy atom. The molecule has 2 aromatic carbocycles. The van der Waals surface area contributed by atoms with Crippen LogP contribution < -0.4 is 0 Å². The van der Waals surface area contributed by atoms with Crippen LogP contribution in [0.4, 0.5) is 0 Å². The molecule has 0 N–H and O–H groups in total. The summed E-state index contributed by atoms with van der Waals surface area (Å²) >= 11 is 2.44. The second-order valence-corrected chi connectivity index (χ2v) is 6.49. The van der Waals surface area contributed by atoms with Gasteiger partial charge in [-0.2, -0.15) is 0 Å². The fourth-order valence-corrected chi connectivity index (χ4v) is 2.99. The number of hydrogen-bond acceptors (Lipinski definition) is 0. The highest BCUT2D eigenvalue weighted by atomic mass is 127. The van der Waals surface area contributed by atoms with Gasteiger partial charge in [0, 0.05) is 3.57 Å². The molecule has 0 spiro atoms. The molecule has 0 aromatic heterocycles. The van der Waals surface area contributed by atoms with Crippen LogP contribution in [0, 0.1) is 10.5 Å². The number of halogens is 1. The second kappa shape index (κ2) is 4.02. The first-order valence-electron chi connectivity index (χ1n) is 5.59. The van der Waals surface area contributed by atoms with Crippen LogP contribution in [-0.2, 0) is 5.41 Å². The molecule has 0 atom stereocenters. The van der Waals surface area contributed by atoms with Gasteiger partial charge in [0.2, 0.25) is 0 Å². The van der Waals surface area contributed by atoms with Crippen molar-refractivity contribution < 1.29 is 0 Å². The molecule has 1 heteroatoms. The first kappa shape index (κ1) is 11.9. The van der Waals surface area contributed by atoms with Crippen molar-refractivity contribution in [1.29, 1.82) is 0 Å². The Balaban J connectivity index is 2.93. The molecule has 0 fully saturated rings. The molecule has 16 heavy (non-hydrogen) atoms. The van der Waals surface area contributed by atoms with E-state index in [1.54, 1.807) is 0 Å². The highest BCUT2D eigenvalue weighted by Gasteiger charge is 2.20. The average Bonchev–Trinajstić information content (AvgIpc) is 2.17. The Morgan fingerprint density at radius 3 is 2.31 bits per heavy atom. The van der Waals surface area contributed by atoms with Crippen LogP contribution in [0.1, 0.15) is 31.9 Å². The lowest BCUT2D eigenvalue weighted by Crippen LogP contribution is -2.14. The van der Waals surface area contributed by atoms with Crippen molar-refractivity contribution in [3.05, 3.63) is 45.0 Å². The van der Waals surface area contributed by atoms with E-state index in [4.69, 9.17) is 0 Å². The zero-order chi connectivity index (χ0) is 11.9. The molecule has 0 saturated heterocycles. The van der Waals surface area contributed by atoms with Crippen LogP contribution in [0.2, 0.25) is 0 Å². The van der Waals surface area contributed by atoms with E-state index in [0.29, 0.717) is 0 Å². The maximum absolute atomic E-state index is 2.44. The van der Waals surface area contributed by atoms with E-state index in [1.807, 2.05) is 0 Å². The van der Waals surface area contributed by atoms with E-state index in [-0.39, 0.29) is 5.41 Å². The summed E-state index contributed by atoms with van der Waals surface area (Å²) in [6.07, 6.45) is 0. The highest BCUT2D eigenvalue weighted by Crippen LogP contribution is 2.35. The molecule has 2 rings (SSSR count). The van der Waals surface area contributed by atoms with Gasteiger partial charge in [-0.3, -0.25) is 0 Å². The third-order valence-electron chi connectivity index (χ3n) is 3.00. The normalized spacial score (nSPS) is 12.1. The van der Waals surface area contributed by atoms with Crippen molar-refractivity contribution in [2.75, 3.05) is 0 Å². The fraction of sp³-hybridized carbons (Fsp3) is 0.333. The van der Waals surface area contributed by atoms with Gasteiger partial charge in [0.1, 0.15) is 0 Å². The van der Waals surface area contributed by atoms with Gasteiger partial charge in [-0.1, -0.05) is 45.0 Å². The fourth-order valence-electron chi connectivity index (χ4n) is 2.38. The van der Waals surface area contributed by atoms with E-state index >= 15 is 0 Å². The van der Waals surface area contributed by atoms with E-state index in [2.05, 4.69) is 80.6 Å². The van der Waals surface area contributed by atoms with Crippen LogP contribution in [0.25, 0.3) is 10.8 Å². The summed E-state index contributed by atoms with van der Waals surface area (Å²) in [5.41, 5.74) is 3.10. The molecule has 0 radical (unpaired) electrons. The SMILES string of the molecule is Cc1c(I)cc2ccccc2c1C(C)(C)C. The lowest BCUT2D eigenvalue weighted by molar-refractivity contribution is 0.591. The summed E-state index contributed by atoms with van der Waals surface area (Å²) in [7, 11) is 0. The first-order valence-corrected chi connectivity index (χ1v) is 6.67. The largest absolute Gasteiger partial charge is 0.0616 e. The minimum absolute atomic E-state index is 0.199. The van der Waals surface area contributed by atoms with E-state index in [0.717, 1.165) is 0 Å². The highest BCUT2D eigenvalue weighted by molar-refractivity contribution is 14.1.